The lowest BCUT2D eigenvalue weighted by molar-refractivity contribution is 0.101. The third-order valence-corrected chi connectivity index (χ3v) is 6.21. The summed E-state index contributed by atoms with van der Waals surface area (Å²) in [5.74, 6) is -2.58. The van der Waals surface area contributed by atoms with Crippen molar-refractivity contribution in [1.29, 1.82) is 0 Å². The number of nitrogens with one attached hydrogen (secondary N) is 1. The minimum absolute atomic E-state index is 0.504. The number of aryl methyl sites for hydroxylation is 2. The molecule has 0 saturated carbocycles. The quantitative estimate of drug-likeness (QED) is 0.505. The Morgan fingerprint density at radius 2 is 1.97 bits per heavy atom. The van der Waals surface area contributed by atoms with Crippen LogP contribution < -0.4 is 5.32 Å². The molecule has 1 aliphatic carbocycles. The number of halogens is 2. The van der Waals surface area contributed by atoms with E-state index < -0.39 is 23.1 Å². The molecule has 30 heavy (non-hydrogen) atoms. The van der Waals surface area contributed by atoms with Crippen LogP contribution in [0.25, 0.3) is 15.6 Å². The number of carbonyl (C=O) groups is 1. The average molecular weight is 422 g/mol. The number of hydrogen-bond acceptors (Lipinski definition) is 4. The number of hydrogen-bond donors (Lipinski definition) is 1. The molecule has 2 heterocycles. The van der Waals surface area contributed by atoms with Crippen LogP contribution in [0.4, 0.5) is 14.5 Å². The fourth-order valence-corrected chi connectivity index (χ4v) is 4.78. The van der Waals surface area contributed by atoms with Crippen LogP contribution in [0.5, 0.6) is 0 Å². The SMILES string of the molecule is O=C(Nc1ccc2c(c1)CCCc1nc(-n3ccnc3)sc1-2)c1c(F)cccc1F. The van der Waals surface area contributed by atoms with Gasteiger partial charge in [-0.15, -0.1) is 0 Å². The summed E-state index contributed by atoms with van der Waals surface area (Å²) in [4.78, 5) is 22.4. The first-order chi connectivity index (χ1) is 14.6. The summed E-state index contributed by atoms with van der Waals surface area (Å²) in [7, 11) is 0. The maximum absolute atomic E-state index is 13.9. The predicted molar refractivity (Wildman–Crippen MR) is 111 cm³/mol. The topological polar surface area (TPSA) is 59.8 Å². The van der Waals surface area contributed by atoms with Gasteiger partial charge in [0.2, 0.25) is 0 Å². The Hall–Kier alpha value is -3.39. The fourth-order valence-electron chi connectivity index (χ4n) is 3.66. The highest BCUT2D eigenvalue weighted by Gasteiger charge is 2.21. The van der Waals surface area contributed by atoms with Gasteiger partial charge < -0.3 is 5.32 Å². The summed E-state index contributed by atoms with van der Waals surface area (Å²) in [6.45, 7) is 0. The Labute approximate surface area is 175 Å². The Kier molecular flexibility index (Phi) is 4.63. The fraction of sp³-hybridized carbons (Fsp3) is 0.136. The average Bonchev–Trinajstić information content (AvgIpc) is 3.35. The molecule has 5 rings (SSSR count). The number of amides is 1. The minimum atomic E-state index is -0.886. The molecule has 2 aromatic carbocycles. The van der Waals surface area contributed by atoms with Crippen LogP contribution in [0.2, 0.25) is 0 Å². The number of imidazole rings is 1. The number of benzene rings is 2. The molecule has 1 N–H and O–H groups in total. The van der Waals surface area contributed by atoms with E-state index in [1.165, 1.54) is 6.07 Å². The molecule has 150 valence electrons. The second kappa shape index (κ2) is 7.46. The molecule has 0 fully saturated rings. The zero-order chi connectivity index (χ0) is 20.7. The smallest absolute Gasteiger partial charge is 0.261 e. The first kappa shape index (κ1) is 18.6. The predicted octanol–water partition coefficient (Wildman–Crippen LogP) is 5.02. The monoisotopic (exact) mass is 422 g/mol. The van der Waals surface area contributed by atoms with Crippen molar-refractivity contribution in [1.82, 2.24) is 14.5 Å². The number of rotatable bonds is 3. The van der Waals surface area contributed by atoms with Crippen molar-refractivity contribution in [3.63, 3.8) is 0 Å². The lowest BCUT2D eigenvalue weighted by Crippen LogP contribution is -2.16. The van der Waals surface area contributed by atoms with E-state index >= 15 is 0 Å². The maximum atomic E-state index is 13.9. The molecule has 2 aromatic heterocycles. The molecule has 0 unspecified atom stereocenters. The summed E-state index contributed by atoms with van der Waals surface area (Å²) in [5, 5.41) is 3.48. The largest absolute Gasteiger partial charge is 0.322 e. The number of anilines is 1. The summed E-state index contributed by atoms with van der Waals surface area (Å²) < 4.78 is 29.7. The van der Waals surface area contributed by atoms with Gasteiger partial charge in [-0.2, -0.15) is 0 Å². The molecule has 5 nitrogen and oxygen atoms in total. The highest BCUT2D eigenvalue weighted by molar-refractivity contribution is 7.17. The van der Waals surface area contributed by atoms with Gasteiger partial charge in [-0.05, 0) is 54.7 Å². The van der Waals surface area contributed by atoms with Crippen LogP contribution in [0, 0.1) is 11.6 Å². The Bertz CT molecular complexity index is 1230. The Morgan fingerprint density at radius 3 is 2.73 bits per heavy atom. The highest BCUT2D eigenvalue weighted by Crippen LogP contribution is 2.39. The summed E-state index contributed by atoms with van der Waals surface area (Å²) in [5.41, 5.74) is 3.11. The van der Waals surface area contributed by atoms with E-state index in [2.05, 4.69) is 10.3 Å². The first-order valence-electron chi connectivity index (χ1n) is 9.47. The van der Waals surface area contributed by atoms with Gasteiger partial charge in [-0.3, -0.25) is 9.36 Å². The van der Waals surface area contributed by atoms with Gasteiger partial charge in [0.25, 0.3) is 5.91 Å². The number of carbonyl (C=O) groups excluding carboxylic acids is 1. The van der Waals surface area contributed by atoms with E-state index in [1.807, 2.05) is 22.9 Å². The van der Waals surface area contributed by atoms with Crippen molar-refractivity contribution >= 4 is 22.9 Å². The molecule has 0 saturated heterocycles. The standard InChI is InChI=1S/C22H16F2N4OS/c23-16-4-2-5-17(24)19(16)21(29)26-14-7-8-15-13(11-14)3-1-6-18-20(15)30-22(27-18)28-10-9-25-12-28/h2,4-5,7-12H,1,3,6H2,(H,26,29). The van der Waals surface area contributed by atoms with Gasteiger partial charge in [-0.1, -0.05) is 23.5 Å². The molecular formula is C22H16F2N4OS. The van der Waals surface area contributed by atoms with E-state index in [4.69, 9.17) is 4.98 Å². The molecule has 0 bridgehead atoms. The van der Waals surface area contributed by atoms with Crippen molar-refractivity contribution in [2.75, 3.05) is 5.32 Å². The minimum Gasteiger partial charge on any atom is -0.322 e. The van der Waals surface area contributed by atoms with Crippen molar-refractivity contribution in [2.45, 2.75) is 19.3 Å². The lowest BCUT2D eigenvalue weighted by atomic mass is 10.0. The number of nitrogens with zero attached hydrogens (tertiary/aromatic N) is 3. The highest BCUT2D eigenvalue weighted by atomic mass is 32.1. The van der Waals surface area contributed by atoms with E-state index in [0.717, 1.165) is 58.2 Å². The molecular weight excluding hydrogens is 406 g/mol. The van der Waals surface area contributed by atoms with Gasteiger partial charge in [0.1, 0.15) is 23.5 Å². The Balaban J connectivity index is 1.47. The normalized spacial score (nSPS) is 12.7. The summed E-state index contributed by atoms with van der Waals surface area (Å²) in [6.07, 6.45) is 7.91. The Morgan fingerprint density at radius 1 is 1.13 bits per heavy atom. The third-order valence-electron chi connectivity index (χ3n) is 5.07. The van der Waals surface area contributed by atoms with Gasteiger partial charge in [0, 0.05) is 18.1 Å². The van der Waals surface area contributed by atoms with Gasteiger partial charge >= 0.3 is 0 Å². The van der Waals surface area contributed by atoms with Crippen LogP contribution in [0.1, 0.15) is 28.0 Å². The van der Waals surface area contributed by atoms with Crippen molar-refractivity contribution < 1.29 is 13.6 Å². The van der Waals surface area contributed by atoms with Crippen LogP contribution in [0.15, 0.2) is 55.1 Å². The first-order valence-corrected chi connectivity index (χ1v) is 10.3. The van der Waals surface area contributed by atoms with E-state index in [9.17, 15) is 13.6 Å². The number of thiazole rings is 1. The van der Waals surface area contributed by atoms with E-state index in [-0.39, 0.29) is 0 Å². The number of aromatic nitrogens is 3. The summed E-state index contributed by atoms with van der Waals surface area (Å²) >= 11 is 1.59. The molecule has 4 aromatic rings. The van der Waals surface area contributed by atoms with Gasteiger partial charge in [0.15, 0.2) is 5.13 Å². The molecule has 0 radical (unpaired) electrons. The van der Waals surface area contributed by atoms with Gasteiger partial charge in [-0.25, -0.2) is 18.7 Å². The maximum Gasteiger partial charge on any atom is 0.261 e. The van der Waals surface area contributed by atoms with E-state index in [1.54, 1.807) is 29.9 Å². The van der Waals surface area contributed by atoms with Crippen LogP contribution >= 0.6 is 11.3 Å². The second-order valence-corrected chi connectivity index (χ2v) is 8.00. The van der Waals surface area contributed by atoms with Crippen molar-refractivity contribution in [3.05, 3.63) is 83.6 Å². The lowest BCUT2D eigenvalue weighted by Gasteiger charge is -2.11. The van der Waals surface area contributed by atoms with Crippen molar-refractivity contribution in [2.24, 2.45) is 0 Å². The number of fused-ring (bicyclic) bond motifs is 3. The second-order valence-electron chi connectivity index (χ2n) is 7.02. The van der Waals surface area contributed by atoms with Gasteiger partial charge in [0.05, 0.1) is 10.6 Å². The summed E-state index contributed by atoms with van der Waals surface area (Å²) in [6, 6.07) is 8.92. The van der Waals surface area contributed by atoms with Crippen LogP contribution in [-0.4, -0.2) is 20.4 Å². The molecule has 1 aliphatic rings. The molecule has 8 heteroatoms. The molecule has 0 spiro atoms. The van der Waals surface area contributed by atoms with Crippen molar-refractivity contribution in [3.8, 4) is 15.6 Å². The third kappa shape index (κ3) is 3.29. The molecule has 0 aliphatic heterocycles. The molecule has 1 amide bonds. The van der Waals surface area contributed by atoms with Crippen LogP contribution in [-0.2, 0) is 12.8 Å². The van der Waals surface area contributed by atoms with Crippen LogP contribution in [0.3, 0.4) is 0 Å². The zero-order valence-electron chi connectivity index (χ0n) is 15.7. The molecule has 0 atom stereocenters. The van der Waals surface area contributed by atoms with E-state index in [0.29, 0.717) is 5.69 Å². The zero-order valence-corrected chi connectivity index (χ0v) is 16.5.